The second-order valence-electron chi connectivity index (χ2n) is 12.5. The summed E-state index contributed by atoms with van der Waals surface area (Å²) in [6.45, 7) is 0. The Morgan fingerprint density at radius 3 is 1.78 bits per heavy atom. The third kappa shape index (κ3) is 3.46. The fraction of sp³-hybridized carbons (Fsp3) is 0.0222. The van der Waals surface area contributed by atoms with E-state index >= 15 is 0 Å². The van der Waals surface area contributed by atoms with Gasteiger partial charge in [-0.15, -0.1) is 0 Å². The number of rotatable bonds is 3. The van der Waals surface area contributed by atoms with Crippen LogP contribution >= 0.6 is 0 Å². The van der Waals surface area contributed by atoms with Gasteiger partial charge in [-0.2, -0.15) is 0 Å². The maximum atomic E-state index is 6.31. The van der Waals surface area contributed by atoms with E-state index in [0.717, 1.165) is 21.9 Å². The lowest BCUT2D eigenvalue weighted by Gasteiger charge is -2.34. The van der Waals surface area contributed by atoms with Crippen molar-refractivity contribution in [2.45, 2.75) is 5.41 Å². The minimum atomic E-state index is -0.424. The maximum Gasteiger partial charge on any atom is 0.136 e. The fourth-order valence-corrected chi connectivity index (χ4v) is 8.10. The molecule has 1 heterocycles. The molecule has 0 N–H and O–H groups in total. The summed E-state index contributed by atoms with van der Waals surface area (Å²) in [6.07, 6.45) is 0. The molecular formula is C45H28O. The van der Waals surface area contributed by atoms with Gasteiger partial charge in [0.05, 0.1) is 5.41 Å². The van der Waals surface area contributed by atoms with E-state index in [2.05, 4.69) is 170 Å². The van der Waals surface area contributed by atoms with Gasteiger partial charge >= 0.3 is 0 Å². The standard InChI is InChI=1S/C45H28O/c1-3-13-34(14-4-1)45(35-15-5-2-6-16-35)41-18-10-9-17-37(41)38-23-20-33-25-31(19-22-36(33)44(38)45)32-21-24-42-39(27-32)40-26-29-11-7-8-12-30(29)28-43(40)46-42/h1-28H. The van der Waals surface area contributed by atoms with Crippen LogP contribution in [0.5, 0.6) is 0 Å². The number of hydrogen-bond acceptors (Lipinski definition) is 1. The van der Waals surface area contributed by atoms with Gasteiger partial charge in [0.1, 0.15) is 11.2 Å². The highest BCUT2D eigenvalue weighted by molar-refractivity contribution is 6.11. The van der Waals surface area contributed by atoms with Gasteiger partial charge in [0.2, 0.25) is 0 Å². The molecule has 1 aromatic heterocycles. The van der Waals surface area contributed by atoms with Crippen LogP contribution in [0, 0.1) is 0 Å². The van der Waals surface area contributed by atoms with E-state index in [1.54, 1.807) is 0 Å². The summed E-state index contributed by atoms with van der Waals surface area (Å²) in [4.78, 5) is 0. The van der Waals surface area contributed by atoms with Gasteiger partial charge in [-0.3, -0.25) is 0 Å². The Morgan fingerprint density at radius 2 is 1.00 bits per heavy atom. The molecule has 0 radical (unpaired) electrons. The van der Waals surface area contributed by atoms with E-state index in [9.17, 15) is 0 Å². The van der Waals surface area contributed by atoms with Crippen LogP contribution in [0.2, 0.25) is 0 Å². The summed E-state index contributed by atoms with van der Waals surface area (Å²) in [6, 6.07) is 62.2. The lowest BCUT2D eigenvalue weighted by atomic mass is 9.66. The zero-order valence-corrected chi connectivity index (χ0v) is 25.1. The van der Waals surface area contributed by atoms with E-state index in [-0.39, 0.29) is 0 Å². The molecule has 9 aromatic rings. The first-order chi connectivity index (χ1) is 22.8. The van der Waals surface area contributed by atoms with Crippen molar-refractivity contribution in [1.82, 2.24) is 0 Å². The number of benzene rings is 8. The first-order valence-corrected chi connectivity index (χ1v) is 15.9. The smallest absolute Gasteiger partial charge is 0.136 e. The van der Waals surface area contributed by atoms with Crippen molar-refractivity contribution in [2.75, 3.05) is 0 Å². The highest BCUT2D eigenvalue weighted by Crippen LogP contribution is 2.58. The molecule has 0 bridgehead atoms. The van der Waals surface area contributed by atoms with Crippen LogP contribution in [-0.2, 0) is 5.41 Å². The van der Waals surface area contributed by atoms with Gasteiger partial charge in [0.15, 0.2) is 0 Å². The van der Waals surface area contributed by atoms with Gasteiger partial charge < -0.3 is 4.42 Å². The monoisotopic (exact) mass is 584 g/mol. The summed E-state index contributed by atoms with van der Waals surface area (Å²) >= 11 is 0. The second kappa shape index (κ2) is 9.54. The average molecular weight is 585 g/mol. The summed E-state index contributed by atoms with van der Waals surface area (Å²) in [5.74, 6) is 0. The van der Waals surface area contributed by atoms with Crippen molar-refractivity contribution in [3.63, 3.8) is 0 Å². The predicted octanol–water partition coefficient (Wildman–Crippen LogP) is 11.9. The Labute approximate surface area is 267 Å². The highest BCUT2D eigenvalue weighted by Gasteiger charge is 2.46. The van der Waals surface area contributed by atoms with Crippen LogP contribution in [0.15, 0.2) is 174 Å². The molecule has 1 heteroatoms. The van der Waals surface area contributed by atoms with Crippen LogP contribution in [0.25, 0.3) is 65.7 Å². The van der Waals surface area contributed by atoms with E-state index < -0.39 is 5.41 Å². The van der Waals surface area contributed by atoms with E-state index in [1.807, 2.05) is 0 Å². The van der Waals surface area contributed by atoms with Crippen molar-refractivity contribution < 1.29 is 4.42 Å². The Bertz CT molecular complexity index is 2590. The Hall–Kier alpha value is -5.92. The van der Waals surface area contributed by atoms with Crippen LogP contribution < -0.4 is 0 Å². The lowest BCUT2D eigenvalue weighted by Crippen LogP contribution is -2.28. The van der Waals surface area contributed by atoms with Crippen LogP contribution in [0.1, 0.15) is 22.3 Å². The van der Waals surface area contributed by atoms with Crippen LogP contribution in [0.4, 0.5) is 0 Å². The van der Waals surface area contributed by atoms with Crippen molar-refractivity contribution in [3.05, 3.63) is 192 Å². The molecule has 214 valence electrons. The van der Waals surface area contributed by atoms with Gasteiger partial charge in [-0.05, 0) is 96.4 Å². The SMILES string of the molecule is c1ccc(C2(c3ccccc3)c3ccccc3-c3ccc4cc(-c5ccc6oc7cc8ccccc8cc7c6c5)ccc4c32)cc1. The van der Waals surface area contributed by atoms with Crippen molar-refractivity contribution in [2.24, 2.45) is 0 Å². The zero-order chi connectivity index (χ0) is 30.2. The summed E-state index contributed by atoms with van der Waals surface area (Å²) < 4.78 is 6.31. The minimum Gasteiger partial charge on any atom is -0.456 e. The van der Waals surface area contributed by atoms with Crippen molar-refractivity contribution in [1.29, 1.82) is 0 Å². The minimum absolute atomic E-state index is 0.424. The number of fused-ring (bicyclic) bond motifs is 9. The molecular weight excluding hydrogens is 556 g/mol. The van der Waals surface area contributed by atoms with E-state index in [0.29, 0.717) is 0 Å². The van der Waals surface area contributed by atoms with Gasteiger partial charge in [-0.1, -0.05) is 140 Å². The fourth-order valence-electron chi connectivity index (χ4n) is 8.10. The Balaban J connectivity index is 1.21. The molecule has 0 saturated carbocycles. The highest BCUT2D eigenvalue weighted by atomic mass is 16.3. The quantitative estimate of drug-likeness (QED) is 0.201. The molecule has 0 fully saturated rings. The molecule has 0 saturated heterocycles. The Morgan fingerprint density at radius 1 is 0.370 bits per heavy atom. The first-order valence-electron chi connectivity index (χ1n) is 15.9. The number of furan rings is 1. The largest absolute Gasteiger partial charge is 0.456 e. The van der Waals surface area contributed by atoms with E-state index in [1.165, 1.54) is 66.1 Å². The number of hydrogen-bond donors (Lipinski definition) is 0. The topological polar surface area (TPSA) is 13.1 Å². The average Bonchev–Trinajstić information content (AvgIpc) is 3.64. The molecule has 1 aliphatic rings. The second-order valence-corrected chi connectivity index (χ2v) is 12.5. The molecule has 46 heavy (non-hydrogen) atoms. The van der Waals surface area contributed by atoms with Crippen molar-refractivity contribution in [3.8, 4) is 22.3 Å². The van der Waals surface area contributed by atoms with Gasteiger partial charge in [-0.25, -0.2) is 0 Å². The molecule has 0 amide bonds. The van der Waals surface area contributed by atoms with Crippen LogP contribution in [-0.4, -0.2) is 0 Å². The molecule has 0 aliphatic heterocycles. The molecule has 0 unspecified atom stereocenters. The van der Waals surface area contributed by atoms with Crippen LogP contribution in [0.3, 0.4) is 0 Å². The van der Waals surface area contributed by atoms with Gasteiger partial charge in [0, 0.05) is 10.8 Å². The van der Waals surface area contributed by atoms with E-state index in [4.69, 9.17) is 4.42 Å². The maximum absolute atomic E-state index is 6.31. The molecule has 10 rings (SSSR count). The molecule has 0 atom stereocenters. The third-order valence-corrected chi connectivity index (χ3v) is 10.1. The normalized spacial score (nSPS) is 13.4. The predicted molar refractivity (Wildman–Crippen MR) is 191 cm³/mol. The van der Waals surface area contributed by atoms with Gasteiger partial charge in [0.25, 0.3) is 0 Å². The molecule has 1 aliphatic carbocycles. The summed E-state index contributed by atoms with van der Waals surface area (Å²) in [5.41, 5.74) is 11.7. The molecule has 8 aromatic carbocycles. The third-order valence-electron chi connectivity index (χ3n) is 10.1. The first kappa shape index (κ1) is 25.4. The summed E-state index contributed by atoms with van der Waals surface area (Å²) in [7, 11) is 0. The summed E-state index contributed by atoms with van der Waals surface area (Å²) in [5, 5.41) is 7.25. The molecule has 0 spiro atoms. The molecule has 1 nitrogen and oxygen atoms in total. The van der Waals surface area contributed by atoms with Crippen molar-refractivity contribution >= 4 is 43.5 Å². The zero-order valence-electron chi connectivity index (χ0n) is 25.1. The lowest BCUT2D eigenvalue weighted by molar-refractivity contribution is 0.669. The Kier molecular flexibility index (Phi) is 5.27.